The monoisotopic (exact) mass is 486 g/mol. The number of thioether (sulfide) groups is 1. The molecule has 1 aliphatic rings. The molecule has 1 heterocycles. The Hall–Kier alpha value is -3.66. The van der Waals surface area contributed by atoms with Crippen LogP contribution in [0.5, 0.6) is 23.0 Å². The molecule has 2 aromatic rings. The number of carbonyl (C=O) groups is 3. The molecule has 1 saturated heterocycles. The van der Waals surface area contributed by atoms with Gasteiger partial charge in [0.05, 0.1) is 26.2 Å². The molecule has 1 fully saturated rings. The van der Waals surface area contributed by atoms with Gasteiger partial charge in [0.15, 0.2) is 18.1 Å². The van der Waals surface area contributed by atoms with E-state index < -0.39 is 11.1 Å². The predicted molar refractivity (Wildman–Crippen MR) is 128 cm³/mol. The summed E-state index contributed by atoms with van der Waals surface area (Å²) in [6, 6.07) is 10.7. The molecular formula is C24H26N2O7S. The second kappa shape index (κ2) is 11.5. The number of nitrogens with one attached hydrogen (secondary N) is 1. The van der Waals surface area contributed by atoms with Crippen LogP contribution < -0.4 is 24.3 Å². The third-order valence-electron chi connectivity index (χ3n) is 4.91. The van der Waals surface area contributed by atoms with Crippen molar-refractivity contribution < 1.29 is 33.3 Å². The molecule has 2 aromatic carbocycles. The lowest BCUT2D eigenvalue weighted by Crippen LogP contribution is -2.38. The molecule has 180 valence electrons. The molecule has 0 aliphatic carbocycles. The van der Waals surface area contributed by atoms with Gasteiger partial charge in [-0.3, -0.25) is 19.3 Å². The highest BCUT2D eigenvalue weighted by molar-refractivity contribution is 8.18. The number of rotatable bonds is 10. The minimum absolute atomic E-state index is 0.0491. The van der Waals surface area contributed by atoms with Gasteiger partial charge >= 0.3 is 0 Å². The summed E-state index contributed by atoms with van der Waals surface area (Å²) >= 11 is 0.829. The van der Waals surface area contributed by atoms with E-state index in [-0.39, 0.29) is 30.5 Å². The zero-order valence-electron chi connectivity index (χ0n) is 19.4. The summed E-state index contributed by atoms with van der Waals surface area (Å²) in [5.41, 5.74) is 1.70. The number of benzene rings is 2. The highest BCUT2D eigenvalue weighted by Gasteiger charge is 2.34. The van der Waals surface area contributed by atoms with Crippen LogP contribution in [-0.2, 0) is 9.59 Å². The fourth-order valence-corrected chi connectivity index (χ4v) is 4.04. The molecule has 0 aromatic heterocycles. The van der Waals surface area contributed by atoms with Crippen LogP contribution in [0.3, 0.4) is 0 Å². The van der Waals surface area contributed by atoms with E-state index in [1.807, 2.05) is 19.1 Å². The Kier molecular flexibility index (Phi) is 8.42. The quantitative estimate of drug-likeness (QED) is 0.511. The number of methoxy groups -OCH3 is 3. The van der Waals surface area contributed by atoms with Crippen LogP contribution in [0.25, 0.3) is 6.08 Å². The summed E-state index contributed by atoms with van der Waals surface area (Å²) in [6.07, 6.45) is 1.59. The largest absolute Gasteiger partial charge is 0.493 e. The second-order valence-electron chi connectivity index (χ2n) is 7.24. The van der Waals surface area contributed by atoms with Gasteiger partial charge in [-0.2, -0.15) is 0 Å². The molecule has 34 heavy (non-hydrogen) atoms. The van der Waals surface area contributed by atoms with Gasteiger partial charge in [-0.15, -0.1) is 0 Å². The Morgan fingerprint density at radius 3 is 2.26 bits per heavy atom. The summed E-state index contributed by atoms with van der Waals surface area (Å²) in [5, 5.41) is 2.25. The molecule has 0 unspecified atom stereocenters. The molecule has 10 heteroatoms. The van der Waals surface area contributed by atoms with Crippen molar-refractivity contribution in [2.75, 3.05) is 41.0 Å². The molecule has 0 radical (unpaired) electrons. The van der Waals surface area contributed by atoms with E-state index in [9.17, 15) is 14.4 Å². The molecule has 0 bridgehead atoms. The molecule has 1 aliphatic heterocycles. The number of hydrogen-bond donors (Lipinski definition) is 1. The highest BCUT2D eigenvalue weighted by Crippen LogP contribution is 2.40. The first-order valence-corrected chi connectivity index (χ1v) is 11.2. The Balaban J connectivity index is 1.57. The van der Waals surface area contributed by atoms with Crippen molar-refractivity contribution in [1.29, 1.82) is 0 Å². The maximum atomic E-state index is 12.8. The van der Waals surface area contributed by atoms with Crippen molar-refractivity contribution in [3.05, 3.63) is 52.4 Å². The fraction of sp³-hybridized carbons (Fsp3) is 0.292. The first-order valence-electron chi connectivity index (χ1n) is 10.4. The van der Waals surface area contributed by atoms with Gasteiger partial charge in [-0.25, -0.2) is 0 Å². The highest BCUT2D eigenvalue weighted by atomic mass is 32.2. The molecule has 0 atom stereocenters. The zero-order valence-corrected chi connectivity index (χ0v) is 20.2. The molecule has 3 rings (SSSR count). The maximum absolute atomic E-state index is 12.8. The van der Waals surface area contributed by atoms with Gasteiger partial charge in [-0.1, -0.05) is 17.7 Å². The lowest BCUT2D eigenvalue weighted by Gasteiger charge is -2.14. The molecule has 0 spiro atoms. The van der Waals surface area contributed by atoms with Crippen molar-refractivity contribution in [2.24, 2.45) is 0 Å². The number of aryl methyl sites for hydroxylation is 1. The maximum Gasteiger partial charge on any atom is 0.293 e. The minimum Gasteiger partial charge on any atom is -0.493 e. The fourth-order valence-electron chi connectivity index (χ4n) is 3.17. The summed E-state index contributed by atoms with van der Waals surface area (Å²) in [4.78, 5) is 38.5. The summed E-state index contributed by atoms with van der Waals surface area (Å²) < 4.78 is 21.4. The van der Waals surface area contributed by atoms with Crippen molar-refractivity contribution in [3.8, 4) is 23.0 Å². The van der Waals surface area contributed by atoms with E-state index in [1.54, 1.807) is 30.3 Å². The average molecular weight is 487 g/mol. The number of amides is 3. The average Bonchev–Trinajstić information content (AvgIpc) is 3.10. The van der Waals surface area contributed by atoms with E-state index in [4.69, 9.17) is 18.9 Å². The van der Waals surface area contributed by atoms with Gasteiger partial charge in [0.2, 0.25) is 5.75 Å². The van der Waals surface area contributed by atoms with Crippen molar-refractivity contribution >= 4 is 34.9 Å². The van der Waals surface area contributed by atoms with Gasteiger partial charge in [-0.05, 0) is 54.6 Å². The molecule has 3 amide bonds. The van der Waals surface area contributed by atoms with Crippen molar-refractivity contribution in [1.82, 2.24) is 10.2 Å². The van der Waals surface area contributed by atoms with Crippen molar-refractivity contribution in [3.63, 3.8) is 0 Å². The lowest BCUT2D eigenvalue weighted by molar-refractivity contribution is -0.125. The smallest absolute Gasteiger partial charge is 0.293 e. The normalized spacial score (nSPS) is 14.4. The Bertz CT molecular complexity index is 1070. The third kappa shape index (κ3) is 6.02. The summed E-state index contributed by atoms with van der Waals surface area (Å²) in [7, 11) is 4.49. The van der Waals surface area contributed by atoms with Crippen LogP contribution in [0.1, 0.15) is 11.1 Å². The Morgan fingerprint density at radius 1 is 1.03 bits per heavy atom. The predicted octanol–water partition coefficient (Wildman–Crippen LogP) is 3.25. The number of imide groups is 1. The SMILES string of the molecule is COc1cc(C=C2SC(=O)N(CCNC(=O)COc3ccc(C)cc3)C2=O)cc(OC)c1OC. The van der Waals surface area contributed by atoms with Gasteiger partial charge in [0.25, 0.3) is 17.1 Å². The lowest BCUT2D eigenvalue weighted by atomic mass is 10.1. The van der Waals surface area contributed by atoms with E-state index in [2.05, 4.69) is 5.32 Å². The van der Waals surface area contributed by atoms with Gasteiger partial charge < -0.3 is 24.3 Å². The van der Waals surface area contributed by atoms with Crippen LogP contribution in [0, 0.1) is 6.92 Å². The van der Waals surface area contributed by atoms with E-state index >= 15 is 0 Å². The molecule has 1 N–H and O–H groups in total. The molecule has 0 saturated carbocycles. The Labute approximate surface area is 202 Å². The number of hydrogen-bond acceptors (Lipinski definition) is 8. The summed E-state index contributed by atoms with van der Waals surface area (Å²) in [6.45, 7) is 1.96. The minimum atomic E-state index is -0.436. The van der Waals surface area contributed by atoms with E-state index in [0.717, 1.165) is 22.2 Å². The van der Waals surface area contributed by atoms with Crippen molar-refractivity contribution in [2.45, 2.75) is 6.92 Å². The topological polar surface area (TPSA) is 103 Å². The number of ether oxygens (including phenoxy) is 4. The van der Waals surface area contributed by atoms with Gasteiger partial charge in [0, 0.05) is 13.1 Å². The zero-order chi connectivity index (χ0) is 24.7. The van der Waals surface area contributed by atoms with Crippen LogP contribution in [-0.4, -0.2) is 63.0 Å². The second-order valence-corrected chi connectivity index (χ2v) is 8.24. The van der Waals surface area contributed by atoms with Crippen LogP contribution in [0.15, 0.2) is 41.3 Å². The van der Waals surface area contributed by atoms with Crippen LogP contribution in [0.2, 0.25) is 0 Å². The number of nitrogens with zero attached hydrogens (tertiary/aromatic N) is 1. The van der Waals surface area contributed by atoms with Crippen LogP contribution >= 0.6 is 11.8 Å². The van der Waals surface area contributed by atoms with Gasteiger partial charge in [0.1, 0.15) is 5.75 Å². The Morgan fingerprint density at radius 2 is 1.68 bits per heavy atom. The van der Waals surface area contributed by atoms with E-state index in [0.29, 0.717) is 28.6 Å². The third-order valence-corrected chi connectivity index (χ3v) is 5.81. The molecule has 9 nitrogen and oxygen atoms in total. The first-order chi connectivity index (χ1) is 16.4. The first kappa shape index (κ1) is 25.0. The number of carbonyl (C=O) groups excluding carboxylic acids is 3. The summed E-state index contributed by atoms with van der Waals surface area (Å²) in [5.74, 6) is 1.10. The van der Waals surface area contributed by atoms with E-state index in [1.165, 1.54) is 21.3 Å². The standard InChI is InChI=1S/C24H26N2O7S/c1-15-5-7-17(8-6-15)33-14-21(27)25-9-10-26-23(28)20(34-24(26)29)13-16-11-18(30-2)22(32-4)19(12-16)31-3/h5-8,11-13H,9-10,14H2,1-4H3,(H,25,27). The van der Waals surface area contributed by atoms with Crippen LogP contribution in [0.4, 0.5) is 4.79 Å². The molecular weight excluding hydrogens is 460 g/mol.